The molecule has 41 heavy (non-hydrogen) atoms. The van der Waals surface area contributed by atoms with E-state index in [2.05, 4.69) is 15.6 Å². The van der Waals surface area contributed by atoms with Gasteiger partial charge in [0.1, 0.15) is 11.9 Å². The fraction of sp³-hybridized carbons (Fsp3) is 0.448. The van der Waals surface area contributed by atoms with E-state index in [9.17, 15) is 14.4 Å². The number of benzene rings is 1. The minimum absolute atomic E-state index is 0.0195. The van der Waals surface area contributed by atoms with Crippen molar-refractivity contribution in [1.82, 2.24) is 35.3 Å². The molecule has 3 heterocycles. The van der Waals surface area contributed by atoms with Gasteiger partial charge >= 0.3 is 0 Å². The first kappa shape index (κ1) is 30.0. The maximum absolute atomic E-state index is 13.5. The van der Waals surface area contributed by atoms with Crippen LogP contribution in [0.3, 0.4) is 0 Å². The number of carbonyl (C=O) groups excluding carboxylic acids is 3. The predicted molar refractivity (Wildman–Crippen MR) is 160 cm³/mol. The van der Waals surface area contributed by atoms with Crippen molar-refractivity contribution >= 4 is 35.3 Å². The Morgan fingerprint density at radius 3 is 2.56 bits per heavy atom. The van der Waals surface area contributed by atoms with Crippen molar-refractivity contribution in [2.45, 2.75) is 51.7 Å². The molecular formula is C29H38N8O3S. The number of nitrogen functional groups attached to an aromatic ring is 1. The van der Waals surface area contributed by atoms with E-state index in [-0.39, 0.29) is 30.1 Å². The highest BCUT2D eigenvalue weighted by molar-refractivity contribution is 7.98. The number of nitrogens with one attached hydrogen (secondary N) is 2. The van der Waals surface area contributed by atoms with E-state index in [4.69, 9.17) is 15.8 Å². The molecule has 1 aromatic carbocycles. The molecule has 0 unspecified atom stereocenters. The number of nitrogens with two attached hydrogens (primary N) is 1. The molecule has 0 spiro atoms. The number of carbonyl (C=O) groups is 3. The number of hydrogen-bond donors (Lipinski definition) is 3. The average Bonchev–Trinajstić information content (AvgIpc) is 3.39. The first-order valence-electron chi connectivity index (χ1n) is 13.9. The van der Waals surface area contributed by atoms with E-state index < -0.39 is 12.1 Å². The van der Waals surface area contributed by atoms with E-state index >= 15 is 0 Å². The summed E-state index contributed by atoms with van der Waals surface area (Å²) in [6, 6.07) is 11.8. The average molecular weight is 579 g/mol. The molecule has 1 aliphatic rings. The molecular weight excluding hydrogens is 540 g/mol. The maximum Gasteiger partial charge on any atom is 0.255 e. The lowest BCUT2D eigenvalue weighted by Crippen LogP contribution is -2.49. The normalized spacial score (nSPS) is 18.8. The Hall–Kier alpha value is -3.93. The van der Waals surface area contributed by atoms with E-state index in [0.717, 1.165) is 11.3 Å². The molecule has 218 valence electrons. The zero-order valence-electron chi connectivity index (χ0n) is 23.7. The van der Waals surface area contributed by atoms with E-state index in [1.54, 1.807) is 33.5 Å². The number of thioether (sulfide) groups is 1. The molecule has 0 radical (unpaired) electrons. The van der Waals surface area contributed by atoms with Crippen molar-refractivity contribution in [3.05, 3.63) is 60.0 Å². The first-order chi connectivity index (χ1) is 19.8. The number of rotatable bonds is 6. The smallest absolute Gasteiger partial charge is 0.255 e. The monoisotopic (exact) mass is 578 g/mol. The second-order valence-electron chi connectivity index (χ2n) is 10.4. The Morgan fingerprint density at radius 2 is 1.88 bits per heavy atom. The quantitative estimate of drug-likeness (QED) is 0.404. The highest BCUT2D eigenvalue weighted by Gasteiger charge is 2.30. The van der Waals surface area contributed by atoms with Crippen LogP contribution in [0.15, 0.2) is 48.7 Å². The summed E-state index contributed by atoms with van der Waals surface area (Å²) in [6.07, 6.45) is 4.55. The van der Waals surface area contributed by atoms with E-state index in [1.807, 2.05) is 50.4 Å². The highest BCUT2D eigenvalue weighted by atomic mass is 32.2. The second kappa shape index (κ2) is 14.1. The Morgan fingerprint density at radius 1 is 1.10 bits per heavy atom. The number of fused-ring (bicyclic) bond motifs is 1. The lowest BCUT2D eigenvalue weighted by Gasteiger charge is -2.28. The van der Waals surface area contributed by atoms with Gasteiger partial charge in [0.25, 0.3) is 5.91 Å². The fourth-order valence-electron chi connectivity index (χ4n) is 4.69. The summed E-state index contributed by atoms with van der Waals surface area (Å²) in [5.41, 5.74) is 6.99. The summed E-state index contributed by atoms with van der Waals surface area (Å²) in [4.78, 5) is 50.5. The molecule has 0 bridgehead atoms. The fourth-order valence-corrected chi connectivity index (χ4v) is 5.16. The van der Waals surface area contributed by atoms with Crippen molar-refractivity contribution in [1.29, 1.82) is 0 Å². The van der Waals surface area contributed by atoms with Crippen LogP contribution < -0.4 is 16.4 Å². The summed E-state index contributed by atoms with van der Waals surface area (Å²) in [5.74, 6) is 1.50. The number of amides is 3. The topological polar surface area (TPSA) is 148 Å². The molecule has 12 heteroatoms. The van der Waals surface area contributed by atoms with Gasteiger partial charge in [0.2, 0.25) is 11.8 Å². The lowest BCUT2D eigenvalue weighted by atomic mass is 10.0. The third-order valence-corrected chi connectivity index (χ3v) is 7.62. The summed E-state index contributed by atoms with van der Waals surface area (Å²) >= 11 is 1.62. The molecule has 2 atom stereocenters. The number of aromatic nitrogens is 4. The van der Waals surface area contributed by atoms with Gasteiger partial charge in [0, 0.05) is 31.3 Å². The SMILES string of the molecule is CSCC[C@@H]1NC(=O)CCCN(C(=O)c2ccc(N)nc2)CCn2nc(-c3ccccc3)nc2[C@@H](C(C)C)NC1=O. The van der Waals surface area contributed by atoms with Gasteiger partial charge in [0.05, 0.1) is 18.2 Å². The third kappa shape index (κ3) is 7.84. The van der Waals surface area contributed by atoms with Crippen molar-refractivity contribution < 1.29 is 14.4 Å². The molecule has 0 saturated heterocycles. The van der Waals surface area contributed by atoms with Crippen molar-refractivity contribution in [2.24, 2.45) is 5.92 Å². The van der Waals surface area contributed by atoms with Crippen molar-refractivity contribution in [3.63, 3.8) is 0 Å². The van der Waals surface area contributed by atoms with Crippen molar-refractivity contribution in [3.8, 4) is 11.4 Å². The summed E-state index contributed by atoms with van der Waals surface area (Å²) in [5, 5.41) is 10.9. The molecule has 2 aromatic heterocycles. The van der Waals surface area contributed by atoms with E-state index in [0.29, 0.717) is 55.5 Å². The minimum Gasteiger partial charge on any atom is -0.384 e. The summed E-state index contributed by atoms with van der Waals surface area (Å²) in [7, 11) is 0. The first-order valence-corrected chi connectivity index (χ1v) is 15.3. The van der Waals surface area contributed by atoms with Gasteiger partial charge in [-0.15, -0.1) is 0 Å². The van der Waals surface area contributed by atoms with Gasteiger partial charge in [-0.1, -0.05) is 44.2 Å². The maximum atomic E-state index is 13.5. The zero-order valence-corrected chi connectivity index (χ0v) is 24.6. The van der Waals surface area contributed by atoms with Gasteiger partial charge in [0.15, 0.2) is 11.6 Å². The number of anilines is 1. The van der Waals surface area contributed by atoms with Crippen LogP contribution in [0.2, 0.25) is 0 Å². The zero-order chi connectivity index (χ0) is 29.4. The summed E-state index contributed by atoms with van der Waals surface area (Å²) < 4.78 is 1.79. The molecule has 1 aliphatic heterocycles. The second-order valence-corrected chi connectivity index (χ2v) is 11.4. The van der Waals surface area contributed by atoms with Gasteiger partial charge in [-0.2, -0.15) is 16.9 Å². The van der Waals surface area contributed by atoms with Crippen LogP contribution in [0, 0.1) is 5.92 Å². The number of pyridine rings is 1. The van der Waals surface area contributed by atoms with Crippen LogP contribution in [0.1, 0.15) is 55.3 Å². The van der Waals surface area contributed by atoms with Crippen LogP contribution in [0.4, 0.5) is 5.82 Å². The lowest BCUT2D eigenvalue weighted by molar-refractivity contribution is -0.129. The Labute approximate surface area is 244 Å². The van der Waals surface area contributed by atoms with Crippen LogP contribution in [0.5, 0.6) is 0 Å². The van der Waals surface area contributed by atoms with E-state index in [1.165, 1.54) is 6.20 Å². The van der Waals surface area contributed by atoms with Gasteiger partial charge < -0.3 is 21.3 Å². The number of hydrogen-bond acceptors (Lipinski definition) is 8. The Balaban J connectivity index is 1.73. The Bertz CT molecular complexity index is 1330. The van der Waals surface area contributed by atoms with Gasteiger partial charge in [-0.05, 0) is 42.9 Å². The van der Waals surface area contributed by atoms with Gasteiger partial charge in [-0.25, -0.2) is 14.6 Å². The number of nitrogens with zero attached hydrogens (tertiary/aromatic N) is 5. The molecule has 4 N–H and O–H groups in total. The molecule has 11 nitrogen and oxygen atoms in total. The summed E-state index contributed by atoms with van der Waals surface area (Å²) in [6.45, 7) is 5.04. The van der Waals surface area contributed by atoms with Gasteiger partial charge in [-0.3, -0.25) is 14.4 Å². The van der Waals surface area contributed by atoms with Crippen LogP contribution in [-0.4, -0.2) is 73.5 Å². The highest BCUT2D eigenvalue weighted by Crippen LogP contribution is 2.25. The molecule has 4 rings (SSSR count). The standard InChI is InChI=1S/C29H38N8O3S/c1-19(2)25-27-34-26(20-8-5-4-6-9-20)35-37(27)16-15-36(29(40)21-11-12-23(30)31-18-21)14-7-10-24(38)32-22(13-17-41-3)28(39)33-25/h4-6,8-9,11-12,18-19,22,25H,7,10,13-17H2,1-3H3,(H2,30,31)(H,32,38)(H,33,39)/t22-,25+/m0/s1. The third-order valence-electron chi connectivity index (χ3n) is 6.97. The largest absolute Gasteiger partial charge is 0.384 e. The Kier molecular flexibility index (Phi) is 10.3. The minimum atomic E-state index is -0.678. The van der Waals surface area contributed by atoms with Crippen LogP contribution in [-0.2, 0) is 16.1 Å². The van der Waals surface area contributed by atoms with Crippen LogP contribution >= 0.6 is 11.8 Å². The molecule has 0 saturated carbocycles. The predicted octanol–water partition coefficient (Wildman–Crippen LogP) is 2.91. The molecule has 0 fully saturated rings. The molecule has 0 aliphatic carbocycles. The van der Waals surface area contributed by atoms with Crippen LogP contribution in [0.25, 0.3) is 11.4 Å². The molecule has 3 amide bonds. The molecule has 3 aromatic rings. The van der Waals surface area contributed by atoms with Crippen molar-refractivity contribution in [2.75, 3.05) is 30.8 Å².